The molecule has 2 amide bonds. The van der Waals surface area contributed by atoms with Gasteiger partial charge in [0.2, 0.25) is 11.8 Å². The standard InChI is InChI=1S/2C18H28N2O4/c2*1-5-6-18(23)20-14-7-8-17(16(9-14)13(4)21)24-11-15(22)10-19-12(2)3/h2*7-9,12,15,19,22H,5-6,10-11H2,1-4H3,(H,20,23)/t15-;/m0./s1. The summed E-state index contributed by atoms with van der Waals surface area (Å²) in [7, 11) is 0. The number of carbonyl (C=O) groups excluding carboxylic acids is 4. The molecule has 1 unspecified atom stereocenters. The third-order valence-corrected chi connectivity index (χ3v) is 6.63. The highest BCUT2D eigenvalue weighted by molar-refractivity contribution is 6.00. The van der Waals surface area contributed by atoms with E-state index in [1.165, 1.54) is 13.8 Å². The molecule has 0 bridgehead atoms. The summed E-state index contributed by atoms with van der Waals surface area (Å²) in [5.41, 5.74) is 1.89. The SMILES string of the molecule is CCCC(=O)Nc1ccc(OCC(O)CNC(C)C)c(C(C)=O)c1.CCCC(=O)Nc1ccc(OC[C@@H](O)CNC(C)C)c(C(C)=O)c1. The Labute approximate surface area is 285 Å². The highest BCUT2D eigenvalue weighted by atomic mass is 16.5. The maximum Gasteiger partial charge on any atom is 0.224 e. The number of benzene rings is 2. The van der Waals surface area contributed by atoms with Crippen molar-refractivity contribution in [3.8, 4) is 11.5 Å². The molecule has 0 radical (unpaired) electrons. The first kappa shape index (κ1) is 42.2. The van der Waals surface area contributed by atoms with E-state index >= 15 is 0 Å². The third-order valence-electron chi connectivity index (χ3n) is 6.63. The van der Waals surface area contributed by atoms with Crippen LogP contribution in [0.15, 0.2) is 36.4 Å². The predicted molar refractivity (Wildman–Crippen MR) is 189 cm³/mol. The lowest BCUT2D eigenvalue weighted by Crippen LogP contribution is -2.35. The highest BCUT2D eigenvalue weighted by Gasteiger charge is 2.15. The van der Waals surface area contributed by atoms with Crippen LogP contribution in [0.1, 0.15) is 102 Å². The Balaban J connectivity index is 0.000000480. The van der Waals surface area contributed by atoms with Crippen LogP contribution in [0.2, 0.25) is 0 Å². The molecule has 12 nitrogen and oxygen atoms in total. The van der Waals surface area contributed by atoms with Crippen LogP contribution in [0.3, 0.4) is 0 Å². The molecular weight excluding hydrogens is 616 g/mol. The van der Waals surface area contributed by atoms with Gasteiger partial charge in [-0.2, -0.15) is 0 Å². The Morgan fingerprint density at radius 2 is 1.00 bits per heavy atom. The largest absolute Gasteiger partial charge is 0.490 e. The molecule has 48 heavy (non-hydrogen) atoms. The van der Waals surface area contributed by atoms with Crippen LogP contribution < -0.4 is 30.7 Å². The summed E-state index contributed by atoms with van der Waals surface area (Å²) in [5.74, 6) is 0.309. The Kier molecular flexibility index (Phi) is 19.9. The number of aliphatic hydroxyl groups is 2. The van der Waals surface area contributed by atoms with Gasteiger partial charge >= 0.3 is 0 Å². The summed E-state index contributed by atoms with van der Waals surface area (Å²) in [6.07, 6.45) is 1.04. The number of Topliss-reactive ketones (excluding diaryl/α,β-unsaturated/α-hetero) is 2. The van der Waals surface area contributed by atoms with Gasteiger partial charge in [0.05, 0.1) is 11.1 Å². The fraction of sp³-hybridized carbons (Fsp3) is 0.556. The van der Waals surface area contributed by atoms with Gasteiger partial charge in [-0.3, -0.25) is 19.2 Å². The van der Waals surface area contributed by atoms with Crippen molar-refractivity contribution in [3.05, 3.63) is 47.5 Å². The van der Waals surface area contributed by atoms with E-state index in [0.29, 0.717) is 59.9 Å². The molecule has 268 valence electrons. The number of hydrogen-bond acceptors (Lipinski definition) is 10. The van der Waals surface area contributed by atoms with Crippen LogP contribution in [0.4, 0.5) is 11.4 Å². The van der Waals surface area contributed by atoms with E-state index in [9.17, 15) is 29.4 Å². The molecule has 0 spiro atoms. The first-order valence-electron chi connectivity index (χ1n) is 16.6. The number of ether oxygens (including phenoxy) is 2. The van der Waals surface area contributed by atoms with Crippen molar-refractivity contribution >= 4 is 34.8 Å². The van der Waals surface area contributed by atoms with Crippen molar-refractivity contribution in [1.82, 2.24) is 10.6 Å². The van der Waals surface area contributed by atoms with Gasteiger partial charge in [0.1, 0.15) is 36.9 Å². The lowest BCUT2D eigenvalue weighted by atomic mass is 10.1. The van der Waals surface area contributed by atoms with Crippen LogP contribution >= 0.6 is 0 Å². The number of amides is 2. The summed E-state index contributed by atoms with van der Waals surface area (Å²) >= 11 is 0. The molecule has 6 N–H and O–H groups in total. The van der Waals surface area contributed by atoms with Gasteiger partial charge in [0, 0.05) is 49.4 Å². The first-order valence-corrected chi connectivity index (χ1v) is 16.6. The molecule has 0 heterocycles. The van der Waals surface area contributed by atoms with Crippen molar-refractivity contribution < 1.29 is 38.9 Å². The molecule has 2 rings (SSSR count). The van der Waals surface area contributed by atoms with Gasteiger partial charge in [0.15, 0.2) is 11.6 Å². The van der Waals surface area contributed by atoms with E-state index in [0.717, 1.165) is 12.8 Å². The smallest absolute Gasteiger partial charge is 0.224 e. The Bertz CT molecular complexity index is 1220. The molecular formula is C36H56N4O8. The van der Waals surface area contributed by atoms with Gasteiger partial charge in [-0.05, 0) is 63.1 Å². The molecule has 2 atom stereocenters. The average molecular weight is 673 g/mol. The molecule has 0 aliphatic heterocycles. The number of aliphatic hydroxyl groups excluding tert-OH is 2. The third kappa shape index (κ3) is 17.4. The molecule has 0 aromatic heterocycles. The maximum atomic E-state index is 11.8. The minimum atomic E-state index is -0.670. The van der Waals surface area contributed by atoms with Crippen LogP contribution in [-0.2, 0) is 9.59 Å². The van der Waals surface area contributed by atoms with Crippen LogP contribution in [0, 0.1) is 0 Å². The molecule has 0 aliphatic carbocycles. The van der Waals surface area contributed by atoms with Gasteiger partial charge in [-0.1, -0.05) is 41.5 Å². The zero-order valence-electron chi connectivity index (χ0n) is 29.8. The van der Waals surface area contributed by atoms with Crippen molar-refractivity contribution in [2.24, 2.45) is 0 Å². The van der Waals surface area contributed by atoms with Crippen molar-refractivity contribution in [1.29, 1.82) is 0 Å². The van der Waals surface area contributed by atoms with E-state index in [4.69, 9.17) is 9.47 Å². The number of carbonyl (C=O) groups is 4. The highest BCUT2D eigenvalue weighted by Crippen LogP contribution is 2.25. The fourth-order valence-electron chi connectivity index (χ4n) is 4.15. The Hall–Kier alpha value is -3.84. The number of anilines is 2. The van der Waals surface area contributed by atoms with Crippen LogP contribution in [-0.4, -0.2) is 84.2 Å². The minimum absolute atomic E-state index is 0.0849. The van der Waals surface area contributed by atoms with E-state index in [-0.39, 0.29) is 48.7 Å². The second kappa shape index (κ2) is 22.7. The summed E-state index contributed by atoms with van der Waals surface area (Å²) in [6.45, 7) is 15.7. The van der Waals surface area contributed by atoms with E-state index < -0.39 is 12.2 Å². The summed E-state index contributed by atoms with van der Waals surface area (Å²) in [5, 5.41) is 31.5. The average Bonchev–Trinajstić information content (AvgIpc) is 3.01. The quantitative estimate of drug-likeness (QED) is 0.108. The summed E-state index contributed by atoms with van der Waals surface area (Å²) in [4.78, 5) is 47.0. The van der Waals surface area contributed by atoms with Crippen LogP contribution in [0.5, 0.6) is 11.5 Å². The maximum absolute atomic E-state index is 11.8. The lowest BCUT2D eigenvalue weighted by Gasteiger charge is -2.17. The predicted octanol–water partition coefficient (Wildman–Crippen LogP) is 4.73. The zero-order valence-corrected chi connectivity index (χ0v) is 29.8. The minimum Gasteiger partial charge on any atom is -0.490 e. The van der Waals surface area contributed by atoms with E-state index in [1.807, 2.05) is 41.5 Å². The Morgan fingerprint density at radius 3 is 1.29 bits per heavy atom. The van der Waals surface area contributed by atoms with E-state index in [2.05, 4.69) is 21.3 Å². The van der Waals surface area contributed by atoms with Crippen molar-refractivity contribution in [3.63, 3.8) is 0 Å². The molecule has 12 heteroatoms. The topological polar surface area (TPSA) is 175 Å². The molecule has 2 aromatic rings. The van der Waals surface area contributed by atoms with Gasteiger partial charge in [0.25, 0.3) is 0 Å². The first-order chi connectivity index (χ1) is 22.7. The summed E-state index contributed by atoms with van der Waals surface area (Å²) in [6, 6.07) is 10.4. The van der Waals surface area contributed by atoms with Crippen molar-refractivity contribution in [2.45, 2.75) is 105 Å². The molecule has 0 saturated carbocycles. The second-order valence-corrected chi connectivity index (χ2v) is 12.2. The van der Waals surface area contributed by atoms with E-state index in [1.54, 1.807) is 36.4 Å². The Morgan fingerprint density at radius 1 is 0.646 bits per heavy atom. The molecule has 0 aliphatic rings. The molecule has 0 fully saturated rings. The molecule has 2 aromatic carbocycles. The second-order valence-electron chi connectivity index (χ2n) is 12.2. The summed E-state index contributed by atoms with van der Waals surface area (Å²) < 4.78 is 11.2. The zero-order chi connectivity index (χ0) is 36.2. The fourth-order valence-corrected chi connectivity index (χ4v) is 4.15. The number of rotatable bonds is 20. The number of nitrogens with one attached hydrogen (secondary N) is 4. The monoisotopic (exact) mass is 672 g/mol. The normalized spacial score (nSPS) is 12.1. The van der Waals surface area contributed by atoms with Gasteiger partial charge < -0.3 is 41.0 Å². The molecule has 0 saturated heterocycles. The number of hydrogen-bond donors (Lipinski definition) is 6. The van der Waals surface area contributed by atoms with Gasteiger partial charge in [-0.25, -0.2) is 0 Å². The number of ketones is 2. The van der Waals surface area contributed by atoms with Gasteiger partial charge in [-0.15, -0.1) is 0 Å². The van der Waals surface area contributed by atoms with Crippen molar-refractivity contribution in [2.75, 3.05) is 36.9 Å². The van der Waals surface area contributed by atoms with Crippen LogP contribution in [0.25, 0.3) is 0 Å². The lowest BCUT2D eigenvalue weighted by molar-refractivity contribution is -0.117.